The maximum atomic E-state index is 11.9. The van der Waals surface area contributed by atoms with Gasteiger partial charge in [0, 0.05) is 10.6 Å². The van der Waals surface area contributed by atoms with Crippen LogP contribution < -0.4 is 0 Å². The monoisotopic (exact) mass is 279 g/mol. The molecule has 100 valence electrons. The number of halogens is 1. The summed E-state index contributed by atoms with van der Waals surface area (Å²) in [7, 11) is 0. The number of ether oxygens (including phenoxy) is 1. The Morgan fingerprint density at radius 2 is 2.16 bits per heavy atom. The zero-order chi connectivity index (χ0) is 14.0. The second kappa shape index (κ2) is 5.45. The van der Waals surface area contributed by atoms with Crippen molar-refractivity contribution in [3.05, 3.63) is 40.1 Å². The Morgan fingerprint density at radius 1 is 1.42 bits per heavy atom. The molecular formula is C14H14ClNO3. The number of rotatable bonds is 3. The minimum atomic E-state index is -0.437. The molecule has 0 saturated heterocycles. The van der Waals surface area contributed by atoms with Crippen molar-refractivity contribution >= 4 is 17.6 Å². The highest BCUT2D eigenvalue weighted by Crippen LogP contribution is 2.29. The second-order valence-electron chi connectivity index (χ2n) is 4.15. The highest BCUT2D eigenvalue weighted by molar-refractivity contribution is 6.31. The van der Waals surface area contributed by atoms with Crippen LogP contribution in [0.2, 0.25) is 5.02 Å². The van der Waals surface area contributed by atoms with Crippen molar-refractivity contribution in [3.63, 3.8) is 0 Å². The van der Waals surface area contributed by atoms with E-state index in [-0.39, 0.29) is 0 Å². The van der Waals surface area contributed by atoms with Crippen molar-refractivity contribution < 1.29 is 14.1 Å². The van der Waals surface area contributed by atoms with Gasteiger partial charge in [-0.05, 0) is 32.4 Å². The molecule has 0 unspecified atom stereocenters. The molecule has 5 heteroatoms. The Kier molecular flexibility index (Phi) is 3.90. The van der Waals surface area contributed by atoms with Gasteiger partial charge in [0.05, 0.1) is 6.61 Å². The van der Waals surface area contributed by atoms with E-state index >= 15 is 0 Å². The lowest BCUT2D eigenvalue weighted by atomic mass is 10.0. The average Bonchev–Trinajstić information content (AvgIpc) is 2.75. The molecule has 0 saturated carbocycles. The molecule has 0 atom stereocenters. The summed E-state index contributed by atoms with van der Waals surface area (Å²) in [5, 5.41) is 4.54. The van der Waals surface area contributed by atoms with Gasteiger partial charge in [-0.15, -0.1) is 0 Å². The summed E-state index contributed by atoms with van der Waals surface area (Å²) in [4.78, 5) is 11.9. The van der Waals surface area contributed by atoms with Crippen LogP contribution >= 0.6 is 11.6 Å². The van der Waals surface area contributed by atoms with E-state index in [0.29, 0.717) is 28.6 Å². The van der Waals surface area contributed by atoms with Crippen molar-refractivity contribution in [1.82, 2.24) is 5.16 Å². The lowest BCUT2D eigenvalue weighted by Crippen LogP contribution is -2.06. The molecule has 0 spiro atoms. The molecule has 1 aromatic heterocycles. The lowest BCUT2D eigenvalue weighted by molar-refractivity contribution is 0.0525. The number of aryl methyl sites for hydroxylation is 2. The van der Waals surface area contributed by atoms with Gasteiger partial charge in [-0.1, -0.05) is 28.9 Å². The van der Waals surface area contributed by atoms with Crippen LogP contribution in [0.4, 0.5) is 0 Å². The summed E-state index contributed by atoms with van der Waals surface area (Å²) in [6.45, 7) is 5.64. The van der Waals surface area contributed by atoms with E-state index in [0.717, 1.165) is 11.1 Å². The van der Waals surface area contributed by atoms with Gasteiger partial charge in [0.2, 0.25) is 0 Å². The van der Waals surface area contributed by atoms with Gasteiger partial charge in [0.15, 0.2) is 0 Å². The van der Waals surface area contributed by atoms with Crippen molar-refractivity contribution in [3.8, 4) is 11.3 Å². The molecule has 2 aromatic rings. The fourth-order valence-electron chi connectivity index (χ4n) is 1.75. The Balaban J connectivity index is 2.50. The number of carbonyl (C=O) groups is 1. The van der Waals surface area contributed by atoms with E-state index in [9.17, 15) is 4.79 Å². The third kappa shape index (κ3) is 2.63. The first kappa shape index (κ1) is 13.6. The van der Waals surface area contributed by atoms with Crippen molar-refractivity contribution in [2.75, 3.05) is 6.61 Å². The summed E-state index contributed by atoms with van der Waals surface area (Å²) in [5.41, 5.74) is 2.50. The highest BCUT2D eigenvalue weighted by Gasteiger charge is 2.22. The minimum absolute atomic E-state index is 0.303. The maximum absolute atomic E-state index is 11.9. The number of hydrogen-bond donors (Lipinski definition) is 0. The average molecular weight is 280 g/mol. The molecule has 0 amide bonds. The molecule has 1 heterocycles. The molecule has 0 radical (unpaired) electrons. The third-order valence-electron chi connectivity index (χ3n) is 2.79. The number of hydrogen-bond acceptors (Lipinski definition) is 4. The van der Waals surface area contributed by atoms with E-state index in [4.69, 9.17) is 20.9 Å². The maximum Gasteiger partial charge on any atom is 0.344 e. The molecule has 4 nitrogen and oxygen atoms in total. The van der Waals surface area contributed by atoms with Gasteiger partial charge in [-0.25, -0.2) is 4.79 Å². The summed E-state index contributed by atoms with van der Waals surface area (Å²) >= 11 is 6.09. The summed E-state index contributed by atoms with van der Waals surface area (Å²) in [6, 6.07) is 5.48. The zero-order valence-electron chi connectivity index (χ0n) is 11.0. The first-order valence-electron chi connectivity index (χ1n) is 5.94. The second-order valence-corrected chi connectivity index (χ2v) is 4.55. The van der Waals surface area contributed by atoms with Crippen molar-refractivity contribution in [1.29, 1.82) is 0 Å². The van der Waals surface area contributed by atoms with Gasteiger partial charge in [0.1, 0.15) is 17.0 Å². The molecule has 0 aliphatic heterocycles. The quantitative estimate of drug-likeness (QED) is 0.802. The smallest absolute Gasteiger partial charge is 0.344 e. The molecule has 0 aliphatic carbocycles. The van der Waals surface area contributed by atoms with E-state index in [1.165, 1.54) is 0 Å². The van der Waals surface area contributed by atoms with Gasteiger partial charge in [-0.2, -0.15) is 0 Å². The van der Waals surface area contributed by atoms with Crippen LogP contribution in [-0.4, -0.2) is 17.7 Å². The molecule has 0 aliphatic rings. The van der Waals surface area contributed by atoms with Crippen molar-refractivity contribution in [2.45, 2.75) is 20.8 Å². The van der Waals surface area contributed by atoms with E-state index in [1.54, 1.807) is 19.9 Å². The highest BCUT2D eigenvalue weighted by atomic mass is 35.5. The topological polar surface area (TPSA) is 52.3 Å². The molecule has 0 bridgehead atoms. The first-order valence-corrected chi connectivity index (χ1v) is 6.32. The molecule has 0 N–H and O–H groups in total. The Labute approximate surface area is 116 Å². The van der Waals surface area contributed by atoms with Gasteiger partial charge in [0.25, 0.3) is 0 Å². The SMILES string of the molecule is CCOC(=O)c1c(-c2ccc(C)c(Cl)c2)noc1C. The summed E-state index contributed by atoms with van der Waals surface area (Å²) in [5.74, 6) is -0.00176. The lowest BCUT2D eigenvalue weighted by Gasteiger charge is -2.04. The first-order chi connectivity index (χ1) is 9.04. The Morgan fingerprint density at radius 3 is 2.79 bits per heavy atom. The number of benzene rings is 1. The third-order valence-corrected chi connectivity index (χ3v) is 3.19. The minimum Gasteiger partial charge on any atom is -0.462 e. The number of aromatic nitrogens is 1. The van der Waals surface area contributed by atoms with Crippen LogP contribution in [0.15, 0.2) is 22.7 Å². The number of nitrogens with zero attached hydrogens (tertiary/aromatic N) is 1. The largest absolute Gasteiger partial charge is 0.462 e. The zero-order valence-corrected chi connectivity index (χ0v) is 11.7. The Hall–Kier alpha value is -1.81. The van der Waals surface area contributed by atoms with Crippen LogP contribution in [0.25, 0.3) is 11.3 Å². The van der Waals surface area contributed by atoms with Crippen molar-refractivity contribution in [2.24, 2.45) is 0 Å². The molecule has 0 fully saturated rings. The van der Waals surface area contributed by atoms with Gasteiger partial charge < -0.3 is 9.26 Å². The molecule has 1 aromatic carbocycles. The van der Waals surface area contributed by atoms with Crippen LogP contribution in [0.5, 0.6) is 0 Å². The van der Waals surface area contributed by atoms with Gasteiger partial charge >= 0.3 is 5.97 Å². The van der Waals surface area contributed by atoms with Gasteiger partial charge in [-0.3, -0.25) is 0 Å². The summed E-state index contributed by atoms with van der Waals surface area (Å²) in [6.07, 6.45) is 0. The van der Waals surface area contributed by atoms with Crippen LogP contribution in [0.3, 0.4) is 0 Å². The molecule has 19 heavy (non-hydrogen) atoms. The number of esters is 1. The van der Waals surface area contributed by atoms with E-state index < -0.39 is 5.97 Å². The van der Waals surface area contributed by atoms with Crippen LogP contribution in [0, 0.1) is 13.8 Å². The fourth-order valence-corrected chi connectivity index (χ4v) is 1.93. The fraction of sp³-hybridized carbons (Fsp3) is 0.286. The van der Waals surface area contributed by atoms with E-state index in [1.807, 2.05) is 19.1 Å². The predicted molar refractivity (Wildman–Crippen MR) is 72.4 cm³/mol. The summed E-state index contributed by atoms with van der Waals surface area (Å²) < 4.78 is 10.1. The van der Waals surface area contributed by atoms with Crippen LogP contribution in [-0.2, 0) is 4.74 Å². The Bertz CT molecular complexity index is 619. The normalized spacial score (nSPS) is 10.5. The molecule has 2 rings (SSSR count). The predicted octanol–water partition coefficient (Wildman–Crippen LogP) is 3.79. The standard InChI is InChI=1S/C14H14ClNO3/c1-4-18-14(17)12-9(3)19-16-13(12)10-6-5-8(2)11(15)7-10/h5-7H,4H2,1-3H3. The molecular weight excluding hydrogens is 266 g/mol. The van der Waals surface area contributed by atoms with Crippen LogP contribution in [0.1, 0.15) is 28.6 Å². The number of carbonyl (C=O) groups excluding carboxylic acids is 1. The van der Waals surface area contributed by atoms with E-state index in [2.05, 4.69) is 5.16 Å².